The fraction of sp³-hybridized carbons (Fsp3) is 0. The van der Waals surface area contributed by atoms with Crippen LogP contribution in [0.3, 0.4) is 0 Å². The first kappa shape index (κ1) is 31.5. The van der Waals surface area contributed by atoms with Crippen molar-refractivity contribution in [1.29, 1.82) is 0 Å². The fourth-order valence-corrected chi connectivity index (χ4v) is 8.42. The third-order valence-corrected chi connectivity index (χ3v) is 11.1. The van der Waals surface area contributed by atoms with Crippen molar-refractivity contribution < 1.29 is 8.83 Å². The molecule has 0 bridgehead atoms. The lowest BCUT2D eigenvalue weighted by atomic mass is 9.97. The molecule has 0 saturated carbocycles. The summed E-state index contributed by atoms with van der Waals surface area (Å²) in [5, 5.41) is 6.70. The molecular weight excluding hydrogens is 701 g/mol. The zero-order chi connectivity index (χ0) is 37.5. The molecule has 0 aliphatic carbocycles. The number of furan rings is 2. The lowest BCUT2D eigenvalue weighted by Crippen LogP contribution is -2.00. The lowest BCUT2D eigenvalue weighted by molar-refractivity contribution is 0.668. The van der Waals surface area contributed by atoms with Crippen LogP contribution in [0.15, 0.2) is 191 Å². The molecule has 12 rings (SSSR count). The third kappa shape index (κ3) is 5.01. The molecule has 12 aromatic rings. The van der Waals surface area contributed by atoms with Crippen LogP contribution in [0.5, 0.6) is 0 Å². The van der Waals surface area contributed by atoms with Gasteiger partial charge in [0.1, 0.15) is 22.3 Å². The van der Waals surface area contributed by atoms with Gasteiger partial charge in [-0.05, 0) is 65.7 Å². The van der Waals surface area contributed by atoms with E-state index >= 15 is 0 Å². The molecule has 266 valence electrons. The summed E-state index contributed by atoms with van der Waals surface area (Å²) >= 11 is 0. The SMILES string of the molecule is c1ccc(-c2nc(-c3ccccc3)nc(-c3ccc4c(c3)oc3ccc(-c5cccc6oc7cc(-n8c9ccccc9c9ccccc98)ccc7c56)cc34)n2)cc1. The smallest absolute Gasteiger partial charge is 0.164 e. The number of hydrogen-bond donors (Lipinski definition) is 0. The van der Waals surface area contributed by atoms with Gasteiger partial charge >= 0.3 is 0 Å². The molecule has 4 aromatic heterocycles. The first-order chi connectivity index (χ1) is 28.2. The molecule has 4 heterocycles. The van der Waals surface area contributed by atoms with Gasteiger partial charge in [-0.1, -0.05) is 121 Å². The number of rotatable bonds is 5. The predicted octanol–water partition coefficient (Wildman–Crippen LogP) is 13.4. The minimum atomic E-state index is 0.588. The van der Waals surface area contributed by atoms with E-state index in [0.29, 0.717) is 17.5 Å². The Hall–Kier alpha value is -7.83. The highest BCUT2D eigenvalue weighted by Gasteiger charge is 2.19. The molecule has 6 heteroatoms. The summed E-state index contributed by atoms with van der Waals surface area (Å²) in [7, 11) is 0. The van der Waals surface area contributed by atoms with E-state index in [4.69, 9.17) is 23.8 Å². The maximum absolute atomic E-state index is 6.60. The Bertz CT molecular complexity index is 3410. The van der Waals surface area contributed by atoms with Crippen LogP contribution in [-0.2, 0) is 0 Å². The molecule has 0 amide bonds. The van der Waals surface area contributed by atoms with Gasteiger partial charge in [-0.2, -0.15) is 0 Å². The summed E-state index contributed by atoms with van der Waals surface area (Å²) in [6.07, 6.45) is 0. The number of fused-ring (bicyclic) bond motifs is 9. The molecular formula is C51H30N4O2. The largest absolute Gasteiger partial charge is 0.456 e. The van der Waals surface area contributed by atoms with E-state index in [0.717, 1.165) is 77.4 Å². The topological polar surface area (TPSA) is 69.9 Å². The van der Waals surface area contributed by atoms with E-state index in [1.807, 2.05) is 66.7 Å². The molecule has 0 radical (unpaired) electrons. The third-order valence-electron chi connectivity index (χ3n) is 11.1. The van der Waals surface area contributed by atoms with E-state index in [1.54, 1.807) is 0 Å². The summed E-state index contributed by atoms with van der Waals surface area (Å²) in [6.45, 7) is 0. The van der Waals surface area contributed by atoms with Gasteiger partial charge in [-0.3, -0.25) is 0 Å². The zero-order valence-electron chi connectivity index (χ0n) is 30.4. The number of nitrogens with zero attached hydrogens (tertiary/aromatic N) is 4. The first-order valence-electron chi connectivity index (χ1n) is 19.0. The average molecular weight is 731 g/mol. The van der Waals surface area contributed by atoms with E-state index in [2.05, 4.69) is 120 Å². The van der Waals surface area contributed by atoms with Crippen molar-refractivity contribution in [3.63, 3.8) is 0 Å². The second-order valence-electron chi connectivity index (χ2n) is 14.4. The Kier molecular flexibility index (Phi) is 6.83. The minimum Gasteiger partial charge on any atom is -0.456 e. The van der Waals surface area contributed by atoms with Gasteiger partial charge in [0, 0.05) is 60.8 Å². The molecule has 0 aliphatic rings. The summed E-state index contributed by atoms with van der Waals surface area (Å²) in [6, 6.07) is 62.7. The normalized spacial score (nSPS) is 11.9. The van der Waals surface area contributed by atoms with Crippen LogP contribution in [0.4, 0.5) is 0 Å². The molecule has 0 fully saturated rings. The number of hydrogen-bond acceptors (Lipinski definition) is 5. The Labute approximate surface area is 325 Å². The van der Waals surface area contributed by atoms with Crippen molar-refractivity contribution in [3.05, 3.63) is 182 Å². The molecule has 57 heavy (non-hydrogen) atoms. The Morgan fingerprint density at radius 3 is 1.61 bits per heavy atom. The Balaban J connectivity index is 0.962. The predicted molar refractivity (Wildman–Crippen MR) is 230 cm³/mol. The number of benzene rings is 8. The highest BCUT2D eigenvalue weighted by molar-refractivity contribution is 6.15. The van der Waals surface area contributed by atoms with Crippen LogP contribution in [0.1, 0.15) is 0 Å². The van der Waals surface area contributed by atoms with Crippen LogP contribution in [0.25, 0.3) is 117 Å². The van der Waals surface area contributed by atoms with Crippen molar-refractivity contribution in [3.8, 4) is 51.0 Å². The lowest BCUT2D eigenvalue weighted by Gasteiger charge is -2.08. The summed E-state index contributed by atoms with van der Waals surface area (Å²) in [5.74, 6) is 1.83. The van der Waals surface area contributed by atoms with Gasteiger partial charge in [0.15, 0.2) is 17.5 Å². The van der Waals surface area contributed by atoms with E-state index in [1.165, 1.54) is 21.8 Å². The highest BCUT2D eigenvalue weighted by atomic mass is 16.3. The second kappa shape index (κ2) is 12.3. The molecule has 6 nitrogen and oxygen atoms in total. The van der Waals surface area contributed by atoms with Gasteiger partial charge < -0.3 is 13.4 Å². The molecule has 0 spiro atoms. The van der Waals surface area contributed by atoms with Crippen molar-refractivity contribution >= 4 is 65.7 Å². The zero-order valence-corrected chi connectivity index (χ0v) is 30.4. The molecule has 8 aromatic carbocycles. The Morgan fingerprint density at radius 2 is 0.912 bits per heavy atom. The van der Waals surface area contributed by atoms with Gasteiger partial charge in [-0.15, -0.1) is 0 Å². The highest BCUT2D eigenvalue weighted by Crippen LogP contribution is 2.41. The van der Waals surface area contributed by atoms with Crippen molar-refractivity contribution in [1.82, 2.24) is 19.5 Å². The summed E-state index contributed by atoms with van der Waals surface area (Å²) < 4.78 is 15.4. The molecule has 0 N–H and O–H groups in total. The average Bonchev–Trinajstić information content (AvgIpc) is 3.95. The quantitative estimate of drug-likeness (QED) is 0.176. The van der Waals surface area contributed by atoms with Crippen molar-refractivity contribution in [2.45, 2.75) is 0 Å². The maximum atomic E-state index is 6.60. The first-order valence-corrected chi connectivity index (χ1v) is 19.0. The number of para-hydroxylation sites is 2. The van der Waals surface area contributed by atoms with Crippen LogP contribution < -0.4 is 0 Å². The maximum Gasteiger partial charge on any atom is 0.164 e. The van der Waals surface area contributed by atoms with Gasteiger partial charge in [-0.25, -0.2) is 15.0 Å². The van der Waals surface area contributed by atoms with Crippen molar-refractivity contribution in [2.24, 2.45) is 0 Å². The van der Waals surface area contributed by atoms with Crippen LogP contribution in [-0.4, -0.2) is 19.5 Å². The van der Waals surface area contributed by atoms with E-state index < -0.39 is 0 Å². The van der Waals surface area contributed by atoms with Crippen LogP contribution in [0.2, 0.25) is 0 Å². The van der Waals surface area contributed by atoms with Gasteiger partial charge in [0.2, 0.25) is 0 Å². The minimum absolute atomic E-state index is 0.588. The van der Waals surface area contributed by atoms with E-state index in [9.17, 15) is 0 Å². The van der Waals surface area contributed by atoms with Gasteiger partial charge in [0.05, 0.1) is 11.0 Å². The van der Waals surface area contributed by atoms with Gasteiger partial charge in [0.25, 0.3) is 0 Å². The monoisotopic (exact) mass is 730 g/mol. The Morgan fingerprint density at radius 1 is 0.333 bits per heavy atom. The second-order valence-corrected chi connectivity index (χ2v) is 14.4. The summed E-state index contributed by atoms with van der Waals surface area (Å²) in [5.41, 5.74) is 11.6. The van der Waals surface area contributed by atoms with Crippen LogP contribution >= 0.6 is 0 Å². The number of aromatic nitrogens is 4. The fourth-order valence-electron chi connectivity index (χ4n) is 8.42. The molecule has 0 unspecified atom stereocenters. The molecule has 0 aliphatic heterocycles. The molecule has 0 atom stereocenters. The molecule has 0 saturated heterocycles. The summed E-state index contributed by atoms with van der Waals surface area (Å²) in [4.78, 5) is 14.7. The van der Waals surface area contributed by atoms with E-state index in [-0.39, 0.29) is 0 Å². The standard InChI is InChI=1S/C51H30N4O2/c1-3-12-31(13-4-1)49-52-50(32-14-5-2-6-15-32)54-51(53-49)34-22-25-39-41-28-33(23-27-44(41)56-46(39)29-34)36-18-11-21-45-48(36)40-26-24-35(30-47(40)57-45)55-42-19-9-7-16-37(42)38-17-8-10-20-43(38)55/h1-30H. The van der Waals surface area contributed by atoms with Crippen LogP contribution in [0, 0.1) is 0 Å². The van der Waals surface area contributed by atoms with Crippen molar-refractivity contribution in [2.75, 3.05) is 0 Å².